The summed E-state index contributed by atoms with van der Waals surface area (Å²) in [5.74, 6) is 0.727. The molecule has 148 valence electrons. The summed E-state index contributed by atoms with van der Waals surface area (Å²) in [6.07, 6.45) is 5.44. The fourth-order valence-corrected chi connectivity index (χ4v) is 3.42. The normalized spacial score (nSPS) is 15.1. The van der Waals surface area contributed by atoms with Gasteiger partial charge in [-0.3, -0.25) is 4.98 Å². The molecule has 1 aromatic carbocycles. The van der Waals surface area contributed by atoms with Gasteiger partial charge >= 0.3 is 5.97 Å². The number of hydrogen-bond donors (Lipinski definition) is 3. The van der Waals surface area contributed by atoms with Gasteiger partial charge in [0, 0.05) is 36.6 Å². The first-order valence-corrected chi connectivity index (χ1v) is 9.54. The number of benzene rings is 1. The Balaban J connectivity index is 1.48. The second-order valence-corrected chi connectivity index (χ2v) is 7.12. The van der Waals surface area contributed by atoms with Crippen LogP contribution >= 0.6 is 11.6 Å². The van der Waals surface area contributed by atoms with E-state index in [0.717, 1.165) is 23.4 Å². The summed E-state index contributed by atoms with van der Waals surface area (Å²) in [4.78, 5) is 19.6. The Bertz CT molecular complexity index is 1030. The van der Waals surface area contributed by atoms with Crippen molar-refractivity contribution in [1.29, 1.82) is 0 Å². The summed E-state index contributed by atoms with van der Waals surface area (Å²) >= 11 is 5.87. The molecule has 3 aromatic rings. The van der Waals surface area contributed by atoms with Gasteiger partial charge in [-0.2, -0.15) is 0 Å². The molecule has 29 heavy (non-hydrogen) atoms. The van der Waals surface area contributed by atoms with Crippen LogP contribution < -0.4 is 15.4 Å². The molecule has 0 spiro atoms. The number of carboxylic acid groups (broad SMARTS) is 1. The molecular formula is C21H19ClN4O3. The minimum absolute atomic E-state index is 0.198. The second-order valence-electron chi connectivity index (χ2n) is 6.68. The summed E-state index contributed by atoms with van der Waals surface area (Å²) in [5, 5.41) is 16.4. The maximum atomic E-state index is 11.4. The molecule has 3 N–H and O–H groups in total. The van der Waals surface area contributed by atoms with Crippen molar-refractivity contribution in [2.24, 2.45) is 0 Å². The average molecular weight is 411 g/mol. The van der Waals surface area contributed by atoms with Gasteiger partial charge < -0.3 is 20.5 Å². The van der Waals surface area contributed by atoms with E-state index < -0.39 is 5.97 Å². The summed E-state index contributed by atoms with van der Waals surface area (Å²) in [7, 11) is 0. The number of carbonyl (C=O) groups is 1. The molecule has 1 atom stereocenters. The number of aromatic carboxylic acids is 1. The molecule has 1 aliphatic heterocycles. The van der Waals surface area contributed by atoms with Gasteiger partial charge in [-0.15, -0.1) is 0 Å². The molecule has 0 aliphatic carbocycles. The van der Waals surface area contributed by atoms with E-state index in [2.05, 4.69) is 20.6 Å². The quantitative estimate of drug-likeness (QED) is 0.548. The molecule has 0 fully saturated rings. The van der Waals surface area contributed by atoms with Crippen molar-refractivity contribution in [3.05, 3.63) is 71.1 Å². The van der Waals surface area contributed by atoms with Crippen molar-refractivity contribution in [3.63, 3.8) is 0 Å². The molecule has 0 saturated heterocycles. The Hall–Kier alpha value is -3.32. The number of fused-ring (bicyclic) bond motifs is 1. The smallest absolute Gasteiger partial charge is 0.337 e. The molecule has 3 heterocycles. The first kappa shape index (κ1) is 19.0. The molecule has 0 bridgehead atoms. The van der Waals surface area contributed by atoms with Gasteiger partial charge in [0.25, 0.3) is 0 Å². The maximum absolute atomic E-state index is 11.4. The van der Waals surface area contributed by atoms with Gasteiger partial charge in [0.1, 0.15) is 11.6 Å². The lowest BCUT2D eigenvalue weighted by Crippen LogP contribution is -2.21. The van der Waals surface area contributed by atoms with E-state index >= 15 is 0 Å². The zero-order valence-electron chi connectivity index (χ0n) is 15.4. The minimum Gasteiger partial charge on any atom is -0.493 e. The molecule has 0 saturated carbocycles. The maximum Gasteiger partial charge on any atom is 0.337 e. The number of hydrogen-bond acceptors (Lipinski definition) is 6. The zero-order chi connectivity index (χ0) is 20.2. The summed E-state index contributed by atoms with van der Waals surface area (Å²) in [5.41, 5.74) is 2.68. The van der Waals surface area contributed by atoms with Crippen LogP contribution in [-0.2, 0) is 0 Å². The van der Waals surface area contributed by atoms with E-state index in [0.29, 0.717) is 29.7 Å². The number of rotatable bonds is 6. The highest BCUT2D eigenvalue weighted by atomic mass is 35.5. The van der Waals surface area contributed by atoms with Gasteiger partial charge in [-0.1, -0.05) is 17.7 Å². The summed E-state index contributed by atoms with van der Waals surface area (Å²) < 4.78 is 5.85. The highest BCUT2D eigenvalue weighted by Crippen LogP contribution is 2.36. The van der Waals surface area contributed by atoms with E-state index in [-0.39, 0.29) is 11.5 Å². The second kappa shape index (κ2) is 8.36. The number of halogens is 1. The van der Waals surface area contributed by atoms with Crippen molar-refractivity contribution in [1.82, 2.24) is 9.97 Å². The highest BCUT2D eigenvalue weighted by Gasteiger charge is 2.22. The highest BCUT2D eigenvalue weighted by molar-refractivity contribution is 6.30. The van der Waals surface area contributed by atoms with Crippen LogP contribution in [0.25, 0.3) is 0 Å². The van der Waals surface area contributed by atoms with Crippen molar-refractivity contribution in [2.45, 2.75) is 12.3 Å². The fraction of sp³-hybridized carbons (Fsp3) is 0.190. The first-order valence-electron chi connectivity index (χ1n) is 9.16. The lowest BCUT2D eigenvalue weighted by Gasteiger charge is -2.27. The Kier molecular flexibility index (Phi) is 5.48. The lowest BCUT2D eigenvalue weighted by atomic mass is 9.92. The largest absolute Gasteiger partial charge is 0.493 e. The third-order valence-electron chi connectivity index (χ3n) is 4.77. The number of anilines is 3. The monoisotopic (exact) mass is 410 g/mol. The van der Waals surface area contributed by atoms with Crippen LogP contribution in [0.2, 0.25) is 5.02 Å². The third-order valence-corrected chi connectivity index (χ3v) is 4.99. The summed E-state index contributed by atoms with van der Waals surface area (Å²) in [6.45, 7) is 1.19. The number of aromatic nitrogens is 2. The predicted molar refractivity (Wildman–Crippen MR) is 112 cm³/mol. The topological polar surface area (TPSA) is 96.4 Å². The Labute approximate surface area is 172 Å². The third kappa shape index (κ3) is 4.41. The van der Waals surface area contributed by atoms with Crippen LogP contribution in [0, 0.1) is 0 Å². The van der Waals surface area contributed by atoms with E-state index in [1.165, 1.54) is 18.5 Å². The molecule has 2 aromatic heterocycles. The molecule has 0 radical (unpaired) electrons. The predicted octanol–water partition coefficient (Wildman–Crippen LogP) is 4.55. The van der Waals surface area contributed by atoms with E-state index in [1.807, 2.05) is 24.3 Å². The molecule has 7 nitrogen and oxygen atoms in total. The Morgan fingerprint density at radius 2 is 2.14 bits per heavy atom. The first-order chi connectivity index (χ1) is 14.1. The van der Waals surface area contributed by atoms with Crippen LogP contribution in [-0.4, -0.2) is 34.2 Å². The van der Waals surface area contributed by atoms with Crippen LogP contribution in [0.4, 0.5) is 17.2 Å². The van der Waals surface area contributed by atoms with Crippen LogP contribution in [0.3, 0.4) is 0 Å². The van der Waals surface area contributed by atoms with Gasteiger partial charge in [-0.25, -0.2) is 9.78 Å². The van der Waals surface area contributed by atoms with Gasteiger partial charge in [0.2, 0.25) is 0 Å². The van der Waals surface area contributed by atoms with Gasteiger partial charge in [0.15, 0.2) is 0 Å². The van der Waals surface area contributed by atoms with Crippen molar-refractivity contribution < 1.29 is 14.6 Å². The van der Waals surface area contributed by atoms with Crippen molar-refractivity contribution in [3.8, 4) is 5.75 Å². The molecule has 0 unspecified atom stereocenters. The van der Waals surface area contributed by atoms with Crippen LogP contribution in [0.15, 0.2) is 55.0 Å². The number of nitrogens with one attached hydrogen (secondary N) is 2. The molecule has 8 heteroatoms. The Morgan fingerprint density at radius 1 is 1.24 bits per heavy atom. The van der Waals surface area contributed by atoms with Crippen LogP contribution in [0.1, 0.15) is 28.3 Å². The van der Waals surface area contributed by atoms with Crippen molar-refractivity contribution in [2.75, 3.05) is 23.8 Å². The number of carboxylic acids is 1. The fourth-order valence-electron chi connectivity index (χ4n) is 3.31. The lowest BCUT2D eigenvalue weighted by molar-refractivity contribution is 0.0697. The zero-order valence-corrected chi connectivity index (χ0v) is 16.2. The SMILES string of the molecule is O=C(O)c1ccncc1NC[C@@H]1CCOc2cc(Nc3ccc(Cl)cn3)ccc21. The van der Waals surface area contributed by atoms with Crippen LogP contribution in [0.5, 0.6) is 5.75 Å². The standard InChI is InChI=1S/C21H19ClN4O3/c22-14-1-4-20(25-11-14)26-15-2-3-16-13(6-8-29-19(16)9-15)10-24-18-12-23-7-5-17(18)21(27)28/h1-5,7,9,11-13,24H,6,8,10H2,(H,25,26)(H,27,28)/t13-/m0/s1. The Morgan fingerprint density at radius 3 is 2.93 bits per heavy atom. The van der Waals surface area contributed by atoms with Gasteiger partial charge in [-0.05, 0) is 36.2 Å². The van der Waals surface area contributed by atoms with Crippen molar-refractivity contribution >= 4 is 34.8 Å². The van der Waals surface area contributed by atoms with E-state index in [9.17, 15) is 9.90 Å². The number of pyridine rings is 2. The van der Waals surface area contributed by atoms with E-state index in [4.69, 9.17) is 16.3 Å². The molecule has 4 rings (SSSR count). The van der Waals surface area contributed by atoms with E-state index in [1.54, 1.807) is 12.3 Å². The number of ether oxygens (including phenoxy) is 1. The summed E-state index contributed by atoms with van der Waals surface area (Å²) in [6, 6.07) is 11.0. The molecular weight excluding hydrogens is 392 g/mol. The number of nitrogens with zero attached hydrogens (tertiary/aromatic N) is 2. The average Bonchev–Trinajstić information content (AvgIpc) is 2.74. The van der Waals surface area contributed by atoms with Gasteiger partial charge in [0.05, 0.1) is 29.1 Å². The molecule has 0 amide bonds. The molecule has 1 aliphatic rings. The minimum atomic E-state index is -0.978.